The minimum Gasteiger partial charge on any atom is -0.262 e. The molecule has 0 spiro atoms. The third kappa shape index (κ3) is 7.31. The van der Waals surface area contributed by atoms with Crippen LogP contribution in [0.3, 0.4) is 0 Å². The Morgan fingerprint density at radius 3 is 1.86 bits per heavy atom. The number of rotatable bonds is 9. The molecule has 0 amide bonds. The van der Waals surface area contributed by atoms with Crippen molar-refractivity contribution in [2.75, 3.05) is 4.31 Å². The number of nitro benzene ring substituents is 2. The minimum atomic E-state index is -5.47. The van der Waals surface area contributed by atoms with E-state index in [0.717, 1.165) is 0 Å². The third-order valence-electron chi connectivity index (χ3n) is 5.64. The Labute approximate surface area is 249 Å². The van der Waals surface area contributed by atoms with E-state index in [2.05, 4.69) is 0 Å². The van der Waals surface area contributed by atoms with Crippen molar-refractivity contribution in [1.82, 2.24) is 3.71 Å². The standard InChI is InChI=1S/C24H19ClF6N4O6S2/c1-13(2)35(43(40,41)16-7-4-14(3)5-8-16)42-32(20-10-15(23(26,27)28)6-9-18(20)25)21-11-17(24(29,30)31)19(33(36)37)12-22(21)34(38)39/h4-13H,1-3H3. The minimum absolute atomic E-state index is 0.00597. The van der Waals surface area contributed by atoms with Gasteiger partial charge in [0, 0.05) is 6.04 Å². The zero-order valence-corrected chi connectivity index (χ0v) is 24.4. The van der Waals surface area contributed by atoms with Gasteiger partial charge in [0.05, 0.1) is 49.2 Å². The van der Waals surface area contributed by atoms with Crippen molar-refractivity contribution in [2.24, 2.45) is 0 Å². The molecule has 0 atom stereocenters. The highest BCUT2D eigenvalue weighted by Crippen LogP contribution is 2.50. The fourth-order valence-corrected chi connectivity index (χ4v) is 6.75. The summed E-state index contributed by atoms with van der Waals surface area (Å²) in [6.45, 7) is 4.32. The molecular weight excluding hydrogens is 654 g/mol. The van der Waals surface area contributed by atoms with Gasteiger partial charge in [-0.2, -0.15) is 26.3 Å². The molecule has 232 valence electrons. The summed E-state index contributed by atoms with van der Waals surface area (Å²) in [5, 5.41) is 22.8. The van der Waals surface area contributed by atoms with E-state index < -0.39 is 77.2 Å². The van der Waals surface area contributed by atoms with E-state index in [-0.39, 0.29) is 29.2 Å². The molecule has 43 heavy (non-hydrogen) atoms. The van der Waals surface area contributed by atoms with Crippen molar-refractivity contribution in [3.8, 4) is 0 Å². The van der Waals surface area contributed by atoms with Crippen molar-refractivity contribution in [2.45, 2.75) is 44.1 Å². The Balaban J connectivity index is 2.44. The number of alkyl halides is 6. The second-order valence-electron chi connectivity index (χ2n) is 9.08. The summed E-state index contributed by atoms with van der Waals surface area (Å²) in [6.07, 6.45) is -10.5. The number of nitro groups is 2. The van der Waals surface area contributed by atoms with E-state index in [0.29, 0.717) is 31.8 Å². The van der Waals surface area contributed by atoms with Crippen LogP contribution in [-0.2, 0) is 22.4 Å². The molecule has 3 aromatic rings. The molecule has 3 aromatic carbocycles. The number of halogens is 7. The van der Waals surface area contributed by atoms with E-state index in [4.69, 9.17) is 11.6 Å². The first-order chi connectivity index (χ1) is 19.7. The van der Waals surface area contributed by atoms with Gasteiger partial charge >= 0.3 is 18.0 Å². The van der Waals surface area contributed by atoms with Crippen LogP contribution in [0.5, 0.6) is 0 Å². The molecule has 19 heteroatoms. The van der Waals surface area contributed by atoms with Crippen LogP contribution in [0.25, 0.3) is 0 Å². The van der Waals surface area contributed by atoms with Gasteiger partial charge in [-0.05, 0) is 57.2 Å². The molecule has 0 fully saturated rings. The van der Waals surface area contributed by atoms with Crippen molar-refractivity contribution < 1.29 is 44.6 Å². The van der Waals surface area contributed by atoms with E-state index >= 15 is 0 Å². The second-order valence-corrected chi connectivity index (χ2v) is 12.5. The Morgan fingerprint density at radius 2 is 1.40 bits per heavy atom. The van der Waals surface area contributed by atoms with E-state index in [1.807, 2.05) is 0 Å². The molecule has 0 saturated carbocycles. The van der Waals surface area contributed by atoms with Gasteiger partial charge in [-0.1, -0.05) is 29.3 Å². The van der Waals surface area contributed by atoms with Crippen molar-refractivity contribution in [1.29, 1.82) is 0 Å². The Morgan fingerprint density at radius 1 is 0.837 bits per heavy atom. The second kappa shape index (κ2) is 12.2. The lowest BCUT2D eigenvalue weighted by atomic mass is 10.1. The van der Waals surface area contributed by atoms with Gasteiger partial charge in [0.25, 0.3) is 15.7 Å². The Bertz CT molecular complexity index is 1670. The van der Waals surface area contributed by atoms with Crippen molar-refractivity contribution >= 4 is 56.5 Å². The molecule has 0 aliphatic heterocycles. The lowest BCUT2D eigenvalue weighted by Crippen LogP contribution is -2.34. The summed E-state index contributed by atoms with van der Waals surface area (Å²) in [5.74, 6) is 0. The first-order valence-electron chi connectivity index (χ1n) is 11.7. The zero-order valence-electron chi connectivity index (χ0n) is 22.0. The van der Waals surface area contributed by atoms with E-state index in [1.165, 1.54) is 38.1 Å². The Kier molecular flexibility index (Phi) is 9.60. The summed E-state index contributed by atoms with van der Waals surface area (Å²) >= 11 is 6.15. The van der Waals surface area contributed by atoms with Gasteiger partial charge < -0.3 is 0 Å². The topological polar surface area (TPSA) is 127 Å². The van der Waals surface area contributed by atoms with Crippen LogP contribution in [0, 0.1) is 27.2 Å². The average Bonchev–Trinajstić information content (AvgIpc) is 2.87. The molecular formula is C24H19ClF6N4O6S2. The number of anilines is 2. The lowest BCUT2D eigenvalue weighted by Gasteiger charge is -2.32. The predicted octanol–water partition coefficient (Wildman–Crippen LogP) is 8.30. The van der Waals surface area contributed by atoms with E-state index in [1.54, 1.807) is 6.92 Å². The summed E-state index contributed by atoms with van der Waals surface area (Å²) in [5.41, 5.74) is -7.69. The normalized spacial score (nSPS) is 12.6. The monoisotopic (exact) mass is 672 g/mol. The van der Waals surface area contributed by atoms with E-state index in [9.17, 15) is 55.0 Å². The summed E-state index contributed by atoms with van der Waals surface area (Å²) in [4.78, 5) is 20.3. The molecule has 0 radical (unpaired) electrons. The first-order valence-corrected chi connectivity index (χ1v) is 14.2. The number of benzene rings is 3. The highest BCUT2D eigenvalue weighted by molar-refractivity contribution is 8.09. The van der Waals surface area contributed by atoms with Crippen LogP contribution >= 0.6 is 23.7 Å². The number of hydrogen-bond donors (Lipinski definition) is 0. The maximum atomic E-state index is 13.9. The molecule has 0 N–H and O–H groups in total. The van der Waals surface area contributed by atoms with Gasteiger partial charge in [0.1, 0.15) is 11.3 Å². The molecule has 10 nitrogen and oxygen atoms in total. The fraction of sp³-hybridized carbons (Fsp3) is 0.250. The molecule has 0 aliphatic carbocycles. The summed E-state index contributed by atoms with van der Waals surface area (Å²) < 4.78 is 111. The predicted molar refractivity (Wildman–Crippen MR) is 146 cm³/mol. The van der Waals surface area contributed by atoms with Crippen LogP contribution in [0.15, 0.2) is 59.5 Å². The van der Waals surface area contributed by atoms with Crippen molar-refractivity contribution in [3.63, 3.8) is 0 Å². The average molecular weight is 673 g/mol. The number of sulfonamides is 1. The highest BCUT2D eigenvalue weighted by atomic mass is 35.5. The molecule has 0 aromatic heterocycles. The van der Waals surface area contributed by atoms with Gasteiger partial charge in [-0.15, -0.1) is 3.71 Å². The Hall–Kier alpha value is -3.61. The molecule has 0 heterocycles. The van der Waals surface area contributed by atoms with Crippen LogP contribution in [0.4, 0.5) is 49.1 Å². The first kappa shape index (κ1) is 33.9. The zero-order chi connectivity index (χ0) is 32.7. The molecule has 3 rings (SSSR count). The quantitative estimate of drug-likeness (QED) is 0.0961. The van der Waals surface area contributed by atoms with Crippen molar-refractivity contribution in [3.05, 3.63) is 96.5 Å². The largest absolute Gasteiger partial charge is 0.423 e. The van der Waals surface area contributed by atoms with Crippen LogP contribution in [0.2, 0.25) is 5.02 Å². The molecule has 0 bridgehead atoms. The molecule has 0 aliphatic rings. The molecule has 0 saturated heterocycles. The van der Waals surface area contributed by atoms with Gasteiger partial charge in [0.2, 0.25) is 0 Å². The van der Waals surface area contributed by atoms with Crippen LogP contribution in [-0.4, -0.2) is 28.0 Å². The summed E-state index contributed by atoms with van der Waals surface area (Å²) in [7, 11) is -4.58. The number of hydrogen-bond acceptors (Lipinski definition) is 8. The summed E-state index contributed by atoms with van der Waals surface area (Å²) in [6, 6.07) is 5.80. The molecule has 0 unspecified atom stereocenters. The van der Waals surface area contributed by atoms with Crippen LogP contribution in [0.1, 0.15) is 30.5 Å². The lowest BCUT2D eigenvalue weighted by molar-refractivity contribution is -0.395. The van der Waals surface area contributed by atoms with Gasteiger partial charge in [-0.3, -0.25) is 24.5 Å². The number of aryl methyl sites for hydroxylation is 1. The smallest absolute Gasteiger partial charge is 0.262 e. The van der Waals surface area contributed by atoms with Crippen LogP contribution < -0.4 is 4.31 Å². The highest BCUT2D eigenvalue weighted by Gasteiger charge is 2.43. The maximum absolute atomic E-state index is 13.9. The fourth-order valence-electron chi connectivity index (χ4n) is 3.63. The van der Waals surface area contributed by atoms with Gasteiger partial charge in [0.15, 0.2) is 0 Å². The third-order valence-corrected chi connectivity index (χ3v) is 9.65. The van der Waals surface area contributed by atoms with Gasteiger partial charge in [-0.25, -0.2) is 8.42 Å². The maximum Gasteiger partial charge on any atom is 0.423 e. The SMILES string of the molecule is Cc1ccc(S(=O)(=O)N(SN(c2cc(C(F)(F)F)ccc2Cl)c2cc(C(F)(F)F)c([N+](=O)[O-])cc2[N+](=O)[O-])C(C)C)cc1. The number of nitrogens with zero attached hydrogens (tertiary/aromatic N) is 4.